The van der Waals surface area contributed by atoms with E-state index in [1.54, 1.807) is 11.3 Å². The summed E-state index contributed by atoms with van der Waals surface area (Å²) in [4.78, 5) is 0. The molecule has 1 aromatic rings. The van der Waals surface area contributed by atoms with E-state index in [2.05, 4.69) is 11.4 Å². The maximum absolute atomic E-state index is 13.0. The van der Waals surface area contributed by atoms with E-state index in [1.165, 1.54) is 5.56 Å². The average molecular weight is 245 g/mol. The number of aryl methyl sites for hydroxylation is 1. The molecular weight excluding hydrogens is 228 g/mol. The Labute approximate surface area is 98.7 Å². The number of halogens is 2. The lowest BCUT2D eigenvalue weighted by Crippen LogP contribution is -2.46. The summed E-state index contributed by atoms with van der Waals surface area (Å²) in [7, 11) is 0. The van der Waals surface area contributed by atoms with Gasteiger partial charge in [-0.15, -0.1) is 0 Å². The Morgan fingerprint density at radius 3 is 2.50 bits per heavy atom. The Balaban J connectivity index is 1.85. The summed E-state index contributed by atoms with van der Waals surface area (Å²) >= 11 is 1.66. The minimum absolute atomic E-state index is 0.0485. The van der Waals surface area contributed by atoms with E-state index in [0.29, 0.717) is 12.8 Å². The molecule has 0 amide bonds. The third-order valence-corrected chi connectivity index (χ3v) is 4.20. The standard InChI is InChI=1S/C12H17F2NS/c13-12(14)6-4-11(15,5-7-12)3-1-10-2-8-16-9-10/h2,8-9H,1,3-7,15H2. The summed E-state index contributed by atoms with van der Waals surface area (Å²) in [5.41, 5.74) is 7.07. The molecule has 0 radical (unpaired) electrons. The first kappa shape index (κ1) is 12.0. The van der Waals surface area contributed by atoms with Crippen LogP contribution in [0.2, 0.25) is 0 Å². The molecule has 0 unspecified atom stereocenters. The van der Waals surface area contributed by atoms with E-state index >= 15 is 0 Å². The molecule has 2 rings (SSSR count). The lowest BCUT2D eigenvalue weighted by molar-refractivity contribution is -0.0515. The normalized spacial score (nSPS) is 23.2. The van der Waals surface area contributed by atoms with Crippen LogP contribution in [0, 0.1) is 0 Å². The molecule has 0 spiro atoms. The van der Waals surface area contributed by atoms with Crippen LogP contribution in [0.4, 0.5) is 8.78 Å². The van der Waals surface area contributed by atoms with Gasteiger partial charge in [0.25, 0.3) is 0 Å². The first-order valence-electron chi connectivity index (χ1n) is 5.67. The van der Waals surface area contributed by atoms with Crippen LogP contribution < -0.4 is 5.73 Å². The topological polar surface area (TPSA) is 26.0 Å². The van der Waals surface area contributed by atoms with Gasteiger partial charge in [-0.3, -0.25) is 0 Å². The van der Waals surface area contributed by atoms with Crippen molar-refractivity contribution < 1.29 is 8.78 Å². The van der Waals surface area contributed by atoms with Crippen molar-refractivity contribution >= 4 is 11.3 Å². The molecule has 0 aliphatic heterocycles. The van der Waals surface area contributed by atoms with Gasteiger partial charge in [-0.1, -0.05) is 0 Å². The molecule has 1 aliphatic rings. The van der Waals surface area contributed by atoms with Crippen LogP contribution in [-0.2, 0) is 6.42 Å². The zero-order chi connectivity index (χ0) is 11.6. The predicted octanol–water partition coefficient (Wildman–Crippen LogP) is 3.59. The lowest BCUT2D eigenvalue weighted by atomic mass is 9.77. The Hall–Kier alpha value is -0.480. The predicted molar refractivity (Wildman–Crippen MR) is 63.0 cm³/mol. The Kier molecular flexibility index (Phi) is 3.31. The second-order valence-electron chi connectivity index (χ2n) is 4.85. The number of nitrogens with two attached hydrogens (primary N) is 1. The fourth-order valence-corrected chi connectivity index (χ4v) is 2.89. The lowest BCUT2D eigenvalue weighted by Gasteiger charge is -2.37. The smallest absolute Gasteiger partial charge is 0.248 e. The highest BCUT2D eigenvalue weighted by atomic mass is 32.1. The summed E-state index contributed by atoms with van der Waals surface area (Å²) in [6.45, 7) is 0. The van der Waals surface area contributed by atoms with Crippen LogP contribution in [0.3, 0.4) is 0 Å². The number of rotatable bonds is 3. The number of hydrogen-bond acceptors (Lipinski definition) is 2. The molecule has 0 bridgehead atoms. The fourth-order valence-electron chi connectivity index (χ4n) is 2.19. The largest absolute Gasteiger partial charge is 0.325 e. The molecule has 16 heavy (non-hydrogen) atoms. The minimum atomic E-state index is -2.48. The van der Waals surface area contributed by atoms with E-state index in [9.17, 15) is 8.78 Å². The van der Waals surface area contributed by atoms with E-state index in [-0.39, 0.29) is 18.4 Å². The van der Waals surface area contributed by atoms with Gasteiger partial charge in [0.2, 0.25) is 5.92 Å². The number of hydrogen-bond donors (Lipinski definition) is 1. The summed E-state index contributed by atoms with van der Waals surface area (Å²) in [5, 5.41) is 4.13. The second kappa shape index (κ2) is 4.41. The van der Waals surface area contributed by atoms with Crippen molar-refractivity contribution in [1.29, 1.82) is 0 Å². The van der Waals surface area contributed by atoms with Crippen molar-refractivity contribution in [3.8, 4) is 0 Å². The number of alkyl halides is 2. The van der Waals surface area contributed by atoms with Gasteiger partial charge < -0.3 is 5.73 Å². The van der Waals surface area contributed by atoms with Crippen molar-refractivity contribution in [2.24, 2.45) is 5.73 Å². The Morgan fingerprint density at radius 2 is 1.94 bits per heavy atom. The number of thiophene rings is 1. The highest BCUT2D eigenvalue weighted by Gasteiger charge is 2.40. The first-order chi connectivity index (χ1) is 7.49. The molecular formula is C12H17F2NS. The summed E-state index contributed by atoms with van der Waals surface area (Å²) < 4.78 is 26.0. The van der Waals surface area contributed by atoms with Gasteiger partial charge in [0.05, 0.1) is 0 Å². The van der Waals surface area contributed by atoms with E-state index < -0.39 is 5.92 Å². The molecule has 0 atom stereocenters. The quantitative estimate of drug-likeness (QED) is 0.865. The van der Waals surface area contributed by atoms with Crippen LogP contribution in [-0.4, -0.2) is 11.5 Å². The molecule has 1 heterocycles. The van der Waals surface area contributed by atoms with Crippen LogP contribution in [0.25, 0.3) is 0 Å². The zero-order valence-electron chi connectivity index (χ0n) is 9.22. The van der Waals surface area contributed by atoms with E-state index in [4.69, 9.17) is 5.73 Å². The van der Waals surface area contributed by atoms with Crippen molar-refractivity contribution in [1.82, 2.24) is 0 Å². The van der Waals surface area contributed by atoms with Gasteiger partial charge in [-0.05, 0) is 48.1 Å². The fraction of sp³-hybridized carbons (Fsp3) is 0.667. The molecule has 90 valence electrons. The van der Waals surface area contributed by atoms with Gasteiger partial charge in [0.1, 0.15) is 0 Å². The highest BCUT2D eigenvalue weighted by Crippen LogP contribution is 2.39. The second-order valence-corrected chi connectivity index (χ2v) is 5.63. The Bertz CT molecular complexity index is 325. The maximum atomic E-state index is 13.0. The summed E-state index contributed by atoms with van der Waals surface area (Å²) in [5.74, 6) is -2.48. The molecule has 1 fully saturated rings. The highest BCUT2D eigenvalue weighted by molar-refractivity contribution is 7.07. The van der Waals surface area contributed by atoms with Crippen molar-refractivity contribution in [3.05, 3.63) is 22.4 Å². The Morgan fingerprint density at radius 1 is 1.25 bits per heavy atom. The van der Waals surface area contributed by atoms with Gasteiger partial charge in [0, 0.05) is 18.4 Å². The molecule has 1 saturated carbocycles. The van der Waals surface area contributed by atoms with Crippen molar-refractivity contribution in [2.45, 2.75) is 50.0 Å². The van der Waals surface area contributed by atoms with Crippen molar-refractivity contribution in [2.75, 3.05) is 0 Å². The third kappa shape index (κ3) is 3.01. The van der Waals surface area contributed by atoms with Gasteiger partial charge in [0.15, 0.2) is 0 Å². The average Bonchev–Trinajstić information content (AvgIpc) is 2.74. The van der Waals surface area contributed by atoms with Crippen LogP contribution >= 0.6 is 11.3 Å². The molecule has 1 nitrogen and oxygen atoms in total. The SMILES string of the molecule is NC1(CCc2ccsc2)CCC(F)(F)CC1. The third-order valence-electron chi connectivity index (χ3n) is 3.47. The molecule has 0 aromatic carbocycles. The monoisotopic (exact) mass is 245 g/mol. The molecule has 1 aromatic heterocycles. The summed E-state index contributed by atoms with van der Waals surface area (Å²) in [6, 6.07) is 2.07. The van der Waals surface area contributed by atoms with Gasteiger partial charge in [-0.2, -0.15) is 11.3 Å². The van der Waals surface area contributed by atoms with Gasteiger partial charge >= 0.3 is 0 Å². The minimum Gasteiger partial charge on any atom is -0.325 e. The van der Waals surface area contributed by atoms with Crippen LogP contribution in [0.1, 0.15) is 37.7 Å². The molecule has 2 N–H and O–H groups in total. The zero-order valence-corrected chi connectivity index (χ0v) is 10.0. The van der Waals surface area contributed by atoms with Crippen molar-refractivity contribution in [3.63, 3.8) is 0 Å². The maximum Gasteiger partial charge on any atom is 0.248 e. The molecule has 4 heteroatoms. The first-order valence-corrected chi connectivity index (χ1v) is 6.61. The van der Waals surface area contributed by atoms with Gasteiger partial charge in [-0.25, -0.2) is 8.78 Å². The molecule has 1 aliphatic carbocycles. The molecule has 0 saturated heterocycles. The van der Waals surface area contributed by atoms with E-state index in [0.717, 1.165) is 12.8 Å². The van der Waals surface area contributed by atoms with E-state index in [1.807, 2.05) is 5.38 Å². The van der Waals surface area contributed by atoms with Crippen LogP contribution in [0.15, 0.2) is 16.8 Å². The summed E-state index contributed by atoms with van der Waals surface area (Å²) in [6.07, 6.45) is 2.53. The van der Waals surface area contributed by atoms with Crippen LogP contribution in [0.5, 0.6) is 0 Å².